The van der Waals surface area contributed by atoms with Crippen LogP contribution in [0, 0.1) is 19.8 Å². The molecule has 0 aliphatic heterocycles. The van der Waals surface area contributed by atoms with E-state index < -0.39 is 0 Å². The van der Waals surface area contributed by atoms with Crippen molar-refractivity contribution in [1.29, 1.82) is 0 Å². The molecule has 0 spiro atoms. The number of alkyl halides is 1. The van der Waals surface area contributed by atoms with Crippen LogP contribution in [0.2, 0.25) is 0 Å². The Kier molecular flexibility index (Phi) is 4.85. The van der Waals surface area contributed by atoms with Crippen LogP contribution in [-0.4, -0.2) is 0 Å². The molecule has 0 nitrogen and oxygen atoms in total. The fraction of sp³-hybridized carbons (Fsp3) is 0.571. The van der Waals surface area contributed by atoms with E-state index in [0.29, 0.717) is 4.83 Å². The summed E-state index contributed by atoms with van der Waals surface area (Å²) in [6.45, 7) is 8.91. The third kappa shape index (κ3) is 3.98. The molecule has 0 saturated heterocycles. The van der Waals surface area contributed by atoms with Crippen LogP contribution in [0.4, 0.5) is 0 Å². The minimum atomic E-state index is 0.514. The maximum Gasteiger partial charge on any atom is 0.0398 e. The van der Waals surface area contributed by atoms with Gasteiger partial charge in [0.1, 0.15) is 0 Å². The van der Waals surface area contributed by atoms with E-state index >= 15 is 0 Å². The fourth-order valence-electron chi connectivity index (χ4n) is 1.73. The zero-order chi connectivity index (χ0) is 11.4. The van der Waals surface area contributed by atoms with Crippen molar-refractivity contribution < 1.29 is 0 Å². The van der Waals surface area contributed by atoms with Gasteiger partial charge in [0, 0.05) is 4.83 Å². The molecule has 1 aromatic carbocycles. The summed E-state index contributed by atoms with van der Waals surface area (Å²) in [5.41, 5.74) is 4.20. The van der Waals surface area contributed by atoms with Crippen LogP contribution in [0.3, 0.4) is 0 Å². The first-order valence-electron chi connectivity index (χ1n) is 5.72. The molecule has 0 heterocycles. The van der Waals surface area contributed by atoms with Gasteiger partial charge in [-0.25, -0.2) is 0 Å². The Morgan fingerprint density at radius 3 is 2.40 bits per heavy atom. The molecule has 1 heteroatoms. The van der Waals surface area contributed by atoms with Crippen molar-refractivity contribution in [1.82, 2.24) is 0 Å². The molecule has 0 fully saturated rings. The number of hydrogen-bond acceptors (Lipinski definition) is 0. The quantitative estimate of drug-likeness (QED) is 0.661. The van der Waals surface area contributed by atoms with Crippen LogP contribution >= 0.6 is 15.9 Å². The smallest absolute Gasteiger partial charge is 0.0398 e. The highest BCUT2D eigenvalue weighted by atomic mass is 79.9. The molecule has 0 saturated carbocycles. The predicted octanol–water partition coefficient (Wildman–Crippen LogP) is 5.18. The van der Waals surface area contributed by atoms with Crippen molar-refractivity contribution in [3.63, 3.8) is 0 Å². The summed E-state index contributed by atoms with van der Waals surface area (Å²) in [5.74, 6) is 0.787. The molecule has 0 bridgehead atoms. The number of hydrogen-bond donors (Lipinski definition) is 0. The summed E-state index contributed by atoms with van der Waals surface area (Å²) in [6, 6.07) is 6.70. The zero-order valence-electron chi connectivity index (χ0n) is 10.2. The molecule has 0 N–H and O–H groups in total. The molecule has 1 unspecified atom stereocenters. The molecule has 0 aliphatic rings. The average molecular weight is 269 g/mol. The molecular formula is C14H21Br. The van der Waals surface area contributed by atoms with Gasteiger partial charge in [0.2, 0.25) is 0 Å². The molecule has 1 aromatic rings. The van der Waals surface area contributed by atoms with Crippen molar-refractivity contribution >= 4 is 15.9 Å². The van der Waals surface area contributed by atoms with Crippen LogP contribution in [0.1, 0.15) is 48.2 Å². The van der Waals surface area contributed by atoms with Gasteiger partial charge in [-0.15, -0.1) is 0 Å². The number of halogens is 1. The van der Waals surface area contributed by atoms with Crippen LogP contribution < -0.4 is 0 Å². The van der Waals surface area contributed by atoms with E-state index in [-0.39, 0.29) is 0 Å². The number of rotatable bonds is 4. The van der Waals surface area contributed by atoms with Crippen molar-refractivity contribution in [3.05, 3.63) is 34.9 Å². The lowest BCUT2D eigenvalue weighted by molar-refractivity contribution is 0.553. The predicted molar refractivity (Wildman–Crippen MR) is 71.7 cm³/mol. The average Bonchev–Trinajstić information content (AvgIpc) is 2.18. The molecule has 0 aliphatic carbocycles. The lowest BCUT2D eigenvalue weighted by Gasteiger charge is -2.15. The molecule has 84 valence electrons. The monoisotopic (exact) mass is 268 g/mol. The molecule has 0 amide bonds. The lowest BCUT2D eigenvalue weighted by atomic mass is 9.98. The van der Waals surface area contributed by atoms with Gasteiger partial charge in [0.05, 0.1) is 0 Å². The standard InChI is InChI=1S/C14H21Br/c1-10(2)5-8-14(15)13-9-11(3)6-7-12(13)4/h6-7,9-10,14H,5,8H2,1-4H3. The highest BCUT2D eigenvalue weighted by Gasteiger charge is 2.10. The van der Waals surface area contributed by atoms with Crippen molar-refractivity contribution in [2.75, 3.05) is 0 Å². The maximum absolute atomic E-state index is 3.80. The Hall–Kier alpha value is -0.300. The topological polar surface area (TPSA) is 0 Å². The van der Waals surface area contributed by atoms with Gasteiger partial charge in [-0.05, 0) is 43.7 Å². The van der Waals surface area contributed by atoms with E-state index in [0.717, 1.165) is 5.92 Å². The zero-order valence-corrected chi connectivity index (χ0v) is 11.8. The van der Waals surface area contributed by atoms with Gasteiger partial charge in [0.15, 0.2) is 0 Å². The number of aryl methyl sites for hydroxylation is 2. The Morgan fingerprint density at radius 1 is 1.13 bits per heavy atom. The van der Waals surface area contributed by atoms with Crippen LogP contribution in [0.5, 0.6) is 0 Å². The molecule has 0 aromatic heterocycles. The minimum absolute atomic E-state index is 0.514. The van der Waals surface area contributed by atoms with Crippen LogP contribution in [-0.2, 0) is 0 Å². The third-order valence-corrected chi connectivity index (χ3v) is 3.72. The molecular weight excluding hydrogens is 248 g/mol. The molecule has 0 radical (unpaired) electrons. The summed E-state index contributed by atoms with van der Waals surface area (Å²) in [6.07, 6.45) is 2.51. The van der Waals surface area contributed by atoms with Crippen LogP contribution in [0.25, 0.3) is 0 Å². The lowest BCUT2D eigenvalue weighted by Crippen LogP contribution is -1.97. The first-order chi connectivity index (χ1) is 7.00. The Labute approximate surface area is 102 Å². The van der Waals surface area contributed by atoms with E-state index in [1.807, 2.05) is 0 Å². The minimum Gasteiger partial charge on any atom is -0.0839 e. The van der Waals surface area contributed by atoms with Gasteiger partial charge in [-0.2, -0.15) is 0 Å². The van der Waals surface area contributed by atoms with Gasteiger partial charge in [-0.3, -0.25) is 0 Å². The summed E-state index contributed by atoms with van der Waals surface area (Å²) in [7, 11) is 0. The largest absolute Gasteiger partial charge is 0.0839 e. The molecule has 1 rings (SSSR count). The first-order valence-corrected chi connectivity index (χ1v) is 6.63. The summed E-state index contributed by atoms with van der Waals surface area (Å²) < 4.78 is 0. The second-order valence-corrected chi connectivity index (χ2v) is 5.90. The second kappa shape index (κ2) is 5.69. The van der Waals surface area contributed by atoms with E-state index in [1.165, 1.54) is 29.5 Å². The fourth-order valence-corrected chi connectivity index (χ4v) is 2.49. The normalized spacial score (nSPS) is 13.2. The van der Waals surface area contributed by atoms with Gasteiger partial charge >= 0.3 is 0 Å². The summed E-state index contributed by atoms with van der Waals surface area (Å²) in [4.78, 5) is 0.514. The van der Waals surface area contributed by atoms with Crippen molar-refractivity contribution in [2.24, 2.45) is 5.92 Å². The van der Waals surface area contributed by atoms with E-state index in [1.54, 1.807) is 0 Å². The van der Waals surface area contributed by atoms with Gasteiger partial charge in [0.25, 0.3) is 0 Å². The number of benzene rings is 1. The van der Waals surface area contributed by atoms with Crippen molar-refractivity contribution in [2.45, 2.75) is 45.4 Å². The Morgan fingerprint density at radius 2 is 1.80 bits per heavy atom. The molecule has 15 heavy (non-hydrogen) atoms. The van der Waals surface area contributed by atoms with Crippen molar-refractivity contribution in [3.8, 4) is 0 Å². The molecule has 1 atom stereocenters. The van der Waals surface area contributed by atoms with E-state index in [9.17, 15) is 0 Å². The highest BCUT2D eigenvalue weighted by Crippen LogP contribution is 2.31. The maximum atomic E-state index is 3.80. The first kappa shape index (κ1) is 12.8. The third-order valence-electron chi connectivity index (χ3n) is 2.77. The Balaban J connectivity index is 2.72. The highest BCUT2D eigenvalue weighted by molar-refractivity contribution is 9.09. The van der Waals surface area contributed by atoms with Gasteiger partial charge in [-0.1, -0.05) is 53.5 Å². The van der Waals surface area contributed by atoms with Crippen LogP contribution in [0.15, 0.2) is 18.2 Å². The SMILES string of the molecule is Cc1ccc(C)c(C(Br)CCC(C)C)c1. The summed E-state index contributed by atoms with van der Waals surface area (Å²) in [5, 5.41) is 0. The van der Waals surface area contributed by atoms with Gasteiger partial charge < -0.3 is 0 Å². The Bertz CT molecular complexity index is 315. The second-order valence-electron chi connectivity index (χ2n) is 4.80. The summed E-state index contributed by atoms with van der Waals surface area (Å²) >= 11 is 3.80. The van der Waals surface area contributed by atoms with E-state index in [4.69, 9.17) is 0 Å². The van der Waals surface area contributed by atoms with E-state index in [2.05, 4.69) is 61.8 Å².